The smallest absolute Gasteiger partial charge is 0.336 e. The van der Waals surface area contributed by atoms with E-state index in [0.29, 0.717) is 24.2 Å². The zero-order valence-corrected chi connectivity index (χ0v) is 58.8. The van der Waals surface area contributed by atoms with Gasteiger partial charge < -0.3 is 9.47 Å². The van der Waals surface area contributed by atoms with Gasteiger partial charge in [0.1, 0.15) is 5.75 Å². The van der Waals surface area contributed by atoms with Crippen molar-refractivity contribution in [1.82, 2.24) is 0 Å². The molecule has 5 aliphatic rings. The van der Waals surface area contributed by atoms with Crippen LogP contribution in [0.4, 0.5) is 0 Å². The van der Waals surface area contributed by atoms with E-state index in [1.807, 2.05) is 30.4 Å². The predicted octanol–water partition coefficient (Wildman–Crippen LogP) is 25.7. The number of benzene rings is 8. The molecule has 9 aromatic rings. The van der Waals surface area contributed by atoms with Gasteiger partial charge in [-0.2, -0.15) is 0 Å². The molecule has 3 saturated carbocycles. The van der Waals surface area contributed by atoms with Crippen LogP contribution >= 0.6 is 11.3 Å². The maximum absolute atomic E-state index is 12.7. The molecular weight excluding hydrogens is 1160 g/mol. The van der Waals surface area contributed by atoms with Gasteiger partial charge in [0, 0.05) is 32.6 Å². The van der Waals surface area contributed by atoms with Crippen LogP contribution in [0, 0.1) is 40.4 Å². The third-order valence-electron chi connectivity index (χ3n) is 24.5. The van der Waals surface area contributed by atoms with Crippen LogP contribution in [0.1, 0.15) is 193 Å². The van der Waals surface area contributed by atoms with Crippen molar-refractivity contribution in [2.24, 2.45) is 33.5 Å². The molecule has 0 amide bonds. The first kappa shape index (κ1) is 63.8. The first-order valence-corrected chi connectivity index (χ1v) is 36.7. The Morgan fingerprint density at radius 1 is 0.479 bits per heavy atom. The number of rotatable bonds is 20. The van der Waals surface area contributed by atoms with Crippen molar-refractivity contribution in [2.75, 3.05) is 0 Å². The Morgan fingerprint density at radius 3 is 1.44 bits per heavy atom. The number of hydrogen-bond acceptors (Lipinski definition) is 4. The summed E-state index contributed by atoms with van der Waals surface area (Å²) in [5, 5.41) is 0. The molecule has 94 heavy (non-hydrogen) atoms. The first-order chi connectivity index (χ1) is 45.3. The highest BCUT2D eigenvalue weighted by Crippen LogP contribution is 2.80. The second-order valence-electron chi connectivity index (χ2n) is 31.0. The number of hydrogen-bond donors (Lipinski definition) is 0. The maximum Gasteiger partial charge on any atom is 0.336 e. The largest absolute Gasteiger partial charge is 0.455 e. The van der Waals surface area contributed by atoms with E-state index < -0.39 is 6.29 Å². The Labute approximate surface area is 566 Å². The Bertz CT molecular complexity index is 4310. The highest BCUT2D eigenvalue weighted by atomic mass is 32.1. The van der Waals surface area contributed by atoms with Gasteiger partial charge in [-0.15, -0.1) is 11.3 Å². The molecule has 2 bridgehead atoms. The monoisotopic (exact) mass is 1260 g/mol. The van der Waals surface area contributed by atoms with Crippen molar-refractivity contribution in [3.63, 3.8) is 0 Å². The zero-order chi connectivity index (χ0) is 65.5. The second kappa shape index (κ2) is 24.6. The SMILES string of the molecule is C=C(CC)C(=O)OC(CCCCCC)Oc1ccc(-c2ccc(-c3ccc4c(c3)C3(c5cc(-c6ccc(-c7ccc(-c8ccc(-c9ccc%10c(c9)C9(c%11cc(C)ccc%11-%10)C%10(C)CC(CCC)CC9(C)C(CCC)C%10)cc8)cc7)cc6)ccc5-4)C(C)(C)CCC3(C)C)s2)cc1. The summed E-state index contributed by atoms with van der Waals surface area (Å²) in [6, 6.07) is 70.3. The Morgan fingerprint density at radius 2 is 0.926 bits per heavy atom. The Hall–Kier alpha value is -7.53. The number of thiophene rings is 1. The van der Waals surface area contributed by atoms with Gasteiger partial charge in [-0.25, -0.2) is 4.79 Å². The highest BCUT2D eigenvalue weighted by molar-refractivity contribution is 7.18. The molecule has 1 aromatic heterocycles. The normalized spacial score (nSPS) is 22.4. The lowest BCUT2D eigenvalue weighted by atomic mass is 9.44. The van der Waals surface area contributed by atoms with E-state index in [4.69, 9.17) is 9.47 Å². The summed E-state index contributed by atoms with van der Waals surface area (Å²) >= 11 is 1.83. The maximum atomic E-state index is 12.7. The van der Waals surface area contributed by atoms with Crippen molar-refractivity contribution in [3.05, 3.63) is 222 Å². The summed E-state index contributed by atoms with van der Waals surface area (Å²) in [6.45, 7) is 30.7. The topological polar surface area (TPSA) is 35.5 Å². The van der Waals surface area contributed by atoms with Crippen LogP contribution in [0.3, 0.4) is 0 Å². The molecule has 6 atom stereocenters. The second-order valence-corrected chi connectivity index (χ2v) is 32.1. The van der Waals surface area contributed by atoms with Crippen LogP contribution in [-0.4, -0.2) is 12.3 Å². The number of unbranched alkanes of at least 4 members (excludes halogenated alkanes) is 3. The molecule has 2 spiro atoms. The lowest BCUT2D eigenvalue weighted by Gasteiger charge is -2.58. The number of esters is 1. The lowest BCUT2D eigenvalue weighted by molar-refractivity contribution is -0.159. The number of carbonyl (C=O) groups excluding carboxylic acids is 1. The quantitative estimate of drug-likeness (QED) is 0.0330. The molecule has 3 fully saturated rings. The van der Waals surface area contributed by atoms with Gasteiger partial charge >= 0.3 is 5.97 Å². The standard InChI is InChI=1S/C90H98O3S/c1-13-17-18-19-22-83(93-84(91)59(6)16-4)92-72-41-36-67(37-42-72)81-47-48-82(94-81)70-40-46-75-74-44-38-68(52-78(74)89(79(75)54-70)85(7,8)49-50-86(89,9)10)65-32-28-63(29-33-65)61-24-26-62(27-25-61)64-30-34-66(35-31-64)69-39-45-76-73-43-23-58(5)51-77(73)90(80(76)53-69)87(11)55-60(20-14-2)56-88(90,12)71(57-87)21-15-3/h23-48,51-54,60,71,83H,6,13-22,49-50,55-57H2,1-5,7-12H3. The number of carbonyl (C=O) groups is 1. The average molecular weight is 1260 g/mol. The van der Waals surface area contributed by atoms with Gasteiger partial charge in [0.2, 0.25) is 6.29 Å². The molecule has 0 radical (unpaired) electrons. The van der Waals surface area contributed by atoms with E-state index in [-0.39, 0.29) is 38.5 Å². The van der Waals surface area contributed by atoms with Crippen LogP contribution in [-0.2, 0) is 20.4 Å². The summed E-state index contributed by atoms with van der Waals surface area (Å²) < 4.78 is 12.1. The van der Waals surface area contributed by atoms with Crippen LogP contribution in [0.15, 0.2) is 194 Å². The summed E-state index contributed by atoms with van der Waals surface area (Å²) in [6.07, 6.45) is 16.4. The van der Waals surface area contributed by atoms with Crippen molar-refractivity contribution in [3.8, 4) is 93.4 Å². The Kier molecular flexibility index (Phi) is 16.7. The summed E-state index contributed by atoms with van der Waals surface area (Å²) in [5.74, 6) is 1.83. The summed E-state index contributed by atoms with van der Waals surface area (Å²) in [7, 11) is 0. The number of aryl methyl sites for hydroxylation is 1. The van der Waals surface area contributed by atoms with Gasteiger partial charge in [-0.05, 0) is 240 Å². The van der Waals surface area contributed by atoms with E-state index in [0.717, 1.165) is 55.9 Å². The van der Waals surface area contributed by atoms with E-state index >= 15 is 0 Å². The van der Waals surface area contributed by atoms with Gasteiger partial charge in [0.15, 0.2) is 0 Å². The number of fused-ring (bicyclic) bond motifs is 8. The molecule has 0 saturated heterocycles. The van der Waals surface area contributed by atoms with Gasteiger partial charge in [-0.3, -0.25) is 0 Å². The van der Waals surface area contributed by atoms with E-state index in [1.54, 1.807) is 11.1 Å². The summed E-state index contributed by atoms with van der Waals surface area (Å²) in [5.41, 5.74) is 26.5. The van der Waals surface area contributed by atoms with Crippen molar-refractivity contribution < 1.29 is 14.3 Å². The molecular formula is C90H98O3S. The minimum absolute atomic E-state index is 0.00649. The van der Waals surface area contributed by atoms with Gasteiger partial charge in [0.05, 0.1) is 0 Å². The molecule has 1 heterocycles. The Balaban J connectivity index is 0.692. The van der Waals surface area contributed by atoms with Crippen LogP contribution in [0.25, 0.3) is 87.6 Å². The third kappa shape index (κ3) is 10.3. The highest BCUT2D eigenvalue weighted by Gasteiger charge is 2.73. The molecule has 5 aliphatic carbocycles. The fourth-order valence-corrected chi connectivity index (χ4v) is 21.4. The molecule has 8 aromatic carbocycles. The molecule has 482 valence electrons. The molecule has 14 rings (SSSR count). The van der Waals surface area contributed by atoms with Crippen molar-refractivity contribution >= 4 is 17.3 Å². The van der Waals surface area contributed by atoms with Crippen molar-refractivity contribution in [1.29, 1.82) is 0 Å². The predicted molar refractivity (Wildman–Crippen MR) is 396 cm³/mol. The third-order valence-corrected chi connectivity index (χ3v) is 25.7. The van der Waals surface area contributed by atoms with Crippen LogP contribution < -0.4 is 4.74 Å². The lowest BCUT2D eigenvalue weighted by Crippen LogP contribution is -2.54. The minimum atomic E-state index is -0.649. The van der Waals surface area contributed by atoms with Crippen molar-refractivity contribution in [2.45, 2.75) is 190 Å². The van der Waals surface area contributed by atoms with E-state index in [9.17, 15) is 4.79 Å². The van der Waals surface area contributed by atoms with E-state index in [1.165, 1.54) is 144 Å². The van der Waals surface area contributed by atoms with E-state index in [2.05, 4.69) is 246 Å². The molecule has 3 nitrogen and oxygen atoms in total. The molecule has 0 aliphatic heterocycles. The van der Waals surface area contributed by atoms with Gasteiger partial charge in [0.25, 0.3) is 0 Å². The number of ether oxygens (including phenoxy) is 2. The molecule has 4 heteroatoms. The fourth-order valence-electron chi connectivity index (χ4n) is 20.4. The minimum Gasteiger partial charge on any atom is -0.455 e. The zero-order valence-electron chi connectivity index (χ0n) is 58.0. The van der Waals surface area contributed by atoms with Gasteiger partial charge in [-0.1, -0.05) is 254 Å². The molecule has 6 unspecified atom stereocenters. The van der Waals surface area contributed by atoms with Crippen LogP contribution in [0.2, 0.25) is 0 Å². The fraction of sp³-hybridized carbons (Fsp3) is 0.389. The first-order valence-electron chi connectivity index (χ1n) is 35.9. The molecule has 0 N–H and O–H groups in total. The summed E-state index contributed by atoms with van der Waals surface area (Å²) in [4.78, 5) is 15.2. The van der Waals surface area contributed by atoms with Crippen LogP contribution in [0.5, 0.6) is 5.75 Å². The average Bonchev–Trinajstić information content (AvgIpc) is 1.48.